The highest BCUT2D eigenvalue weighted by atomic mass is 32.3. The molecule has 0 saturated heterocycles. The maximum atomic E-state index is 11.7. The fourth-order valence-electron chi connectivity index (χ4n) is 2.22. The number of Topliss-reactive ketones (excluding diaryl/α,β-unsaturated/α-hetero) is 1. The zero-order chi connectivity index (χ0) is 19.8. The van der Waals surface area contributed by atoms with Crippen LogP contribution in [0.5, 0.6) is 0 Å². The molecule has 0 aliphatic rings. The topological polar surface area (TPSA) is 83.5 Å². The van der Waals surface area contributed by atoms with E-state index in [1.165, 1.54) is 51.4 Å². The number of carbonyl (C=O) groups excluding carboxylic acids is 1. The Kier molecular flexibility index (Phi) is 16.8. The highest BCUT2D eigenvalue weighted by molar-refractivity contribution is 7.80. The fourth-order valence-corrected chi connectivity index (χ4v) is 2.22. The Morgan fingerprint density at radius 1 is 0.880 bits per heavy atom. The molecule has 25 heavy (non-hydrogen) atoms. The van der Waals surface area contributed by atoms with Crippen LogP contribution >= 0.6 is 0 Å². The third kappa shape index (κ3) is 28.6. The van der Waals surface area contributed by atoms with Gasteiger partial charge in [-0.1, -0.05) is 58.3 Å². The van der Waals surface area contributed by atoms with Crippen molar-refractivity contribution < 1.29 is 26.4 Å². The molecule has 0 radical (unpaired) electrons. The van der Waals surface area contributed by atoms with E-state index in [4.69, 9.17) is 0 Å². The van der Waals surface area contributed by atoms with Gasteiger partial charge in [-0.3, -0.25) is 8.98 Å². The maximum Gasteiger partial charge on any atom is 0.217 e. The van der Waals surface area contributed by atoms with Gasteiger partial charge in [-0.25, -0.2) is 8.42 Å². The average molecular weight is 382 g/mol. The first-order valence-corrected chi connectivity index (χ1v) is 10.7. The molecule has 0 atom stereocenters. The van der Waals surface area contributed by atoms with Crippen molar-refractivity contribution in [3.8, 4) is 0 Å². The van der Waals surface area contributed by atoms with E-state index >= 15 is 0 Å². The molecule has 0 aromatic carbocycles. The second-order valence-corrected chi connectivity index (χ2v) is 8.61. The number of hydrogen-bond donors (Lipinski definition) is 0. The van der Waals surface area contributed by atoms with E-state index in [9.17, 15) is 17.8 Å². The van der Waals surface area contributed by atoms with Crippen LogP contribution < -0.4 is 0 Å². The highest BCUT2D eigenvalue weighted by Crippen LogP contribution is 2.11. The average Bonchev–Trinajstić information content (AvgIpc) is 2.50. The SMILES string of the molecule is CCCCCCCCCCCC(=O)CC[N+](C)(C)C.COS(=O)(=O)[O-]. The molecular weight excluding hydrogens is 342 g/mol. The van der Waals surface area contributed by atoms with Crippen molar-refractivity contribution in [1.29, 1.82) is 0 Å². The number of unbranched alkanes of at least 4 members (excludes halogenated alkanes) is 8. The number of carbonyl (C=O) groups is 1. The normalized spacial score (nSPS) is 11.8. The van der Waals surface area contributed by atoms with E-state index in [1.807, 2.05) is 0 Å². The Morgan fingerprint density at radius 3 is 1.64 bits per heavy atom. The van der Waals surface area contributed by atoms with Crippen LogP contribution in [0.25, 0.3) is 0 Å². The molecule has 6 nitrogen and oxygen atoms in total. The van der Waals surface area contributed by atoms with E-state index in [0.29, 0.717) is 5.78 Å². The van der Waals surface area contributed by atoms with Crippen LogP contribution in [0.1, 0.15) is 77.6 Å². The van der Waals surface area contributed by atoms with E-state index in [-0.39, 0.29) is 0 Å². The smallest absolute Gasteiger partial charge is 0.217 e. The fraction of sp³-hybridized carbons (Fsp3) is 0.944. The molecule has 0 aliphatic carbocycles. The minimum atomic E-state index is -4.41. The first-order chi connectivity index (χ1) is 11.5. The summed E-state index contributed by atoms with van der Waals surface area (Å²) in [6.07, 6.45) is 13.5. The van der Waals surface area contributed by atoms with Crippen LogP contribution in [0.4, 0.5) is 0 Å². The molecule has 152 valence electrons. The Bertz CT molecular complexity index is 416. The van der Waals surface area contributed by atoms with Gasteiger partial charge in [-0.2, -0.15) is 0 Å². The quantitative estimate of drug-likeness (QED) is 0.198. The Morgan fingerprint density at radius 2 is 1.28 bits per heavy atom. The van der Waals surface area contributed by atoms with Crippen LogP contribution in [0, 0.1) is 0 Å². The minimum absolute atomic E-state index is 0.455. The summed E-state index contributed by atoms with van der Waals surface area (Å²) < 4.78 is 31.9. The molecule has 0 heterocycles. The zero-order valence-electron chi connectivity index (χ0n) is 16.9. The summed E-state index contributed by atoms with van der Waals surface area (Å²) in [5.41, 5.74) is 0. The molecule has 0 rings (SSSR count). The van der Waals surface area contributed by atoms with E-state index < -0.39 is 10.4 Å². The second kappa shape index (κ2) is 15.7. The van der Waals surface area contributed by atoms with Crippen LogP contribution in [-0.4, -0.2) is 58.0 Å². The van der Waals surface area contributed by atoms with Gasteiger partial charge in [-0.05, 0) is 6.42 Å². The summed E-state index contributed by atoms with van der Waals surface area (Å²) >= 11 is 0. The van der Waals surface area contributed by atoms with Crippen molar-refractivity contribution in [2.24, 2.45) is 0 Å². The van der Waals surface area contributed by atoms with Gasteiger partial charge in [0, 0.05) is 6.42 Å². The van der Waals surface area contributed by atoms with Crippen LogP contribution in [-0.2, 0) is 19.4 Å². The Labute approximate surface area is 155 Å². The van der Waals surface area contributed by atoms with Gasteiger partial charge >= 0.3 is 0 Å². The molecule has 0 N–H and O–H groups in total. The van der Waals surface area contributed by atoms with Gasteiger partial charge < -0.3 is 9.04 Å². The molecule has 0 spiro atoms. The second-order valence-electron chi connectivity index (χ2n) is 7.46. The van der Waals surface area contributed by atoms with Crippen molar-refractivity contribution >= 4 is 16.2 Å². The molecule has 0 saturated carbocycles. The van der Waals surface area contributed by atoms with E-state index in [1.54, 1.807) is 0 Å². The van der Waals surface area contributed by atoms with Crippen LogP contribution in [0.3, 0.4) is 0 Å². The van der Waals surface area contributed by atoms with Crippen molar-refractivity contribution in [2.45, 2.75) is 77.6 Å². The number of quaternary nitrogens is 1. The van der Waals surface area contributed by atoms with Crippen molar-refractivity contribution in [3.63, 3.8) is 0 Å². The molecule has 0 aliphatic heterocycles. The molecule has 0 amide bonds. The van der Waals surface area contributed by atoms with Gasteiger partial charge in [0.2, 0.25) is 10.4 Å². The van der Waals surface area contributed by atoms with Gasteiger partial charge in [0.1, 0.15) is 5.78 Å². The maximum absolute atomic E-state index is 11.7. The third-order valence-electron chi connectivity index (χ3n) is 3.82. The summed E-state index contributed by atoms with van der Waals surface area (Å²) in [5.74, 6) is 0.455. The van der Waals surface area contributed by atoms with Gasteiger partial charge in [0.15, 0.2) is 0 Å². The minimum Gasteiger partial charge on any atom is -0.726 e. The monoisotopic (exact) mass is 381 g/mol. The lowest BCUT2D eigenvalue weighted by atomic mass is 10.0. The first-order valence-electron chi connectivity index (χ1n) is 9.35. The molecule has 0 aromatic rings. The van der Waals surface area contributed by atoms with E-state index in [0.717, 1.165) is 37.4 Å². The van der Waals surface area contributed by atoms with Gasteiger partial charge in [0.05, 0.1) is 41.2 Å². The summed E-state index contributed by atoms with van der Waals surface area (Å²) in [6.45, 7) is 3.23. The Hall–Kier alpha value is -0.500. The van der Waals surface area contributed by atoms with Crippen molar-refractivity contribution in [2.75, 3.05) is 34.8 Å². The predicted octanol–water partition coefficient (Wildman–Crippen LogP) is 3.67. The Balaban J connectivity index is 0. The molecule has 0 unspecified atom stereocenters. The third-order valence-corrected chi connectivity index (χ3v) is 4.23. The standard InChI is InChI=1S/C17H36NO.CH4O4S/c1-5-6-7-8-9-10-11-12-13-14-17(19)15-16-18(2,3)4;1-5-6(2,3)4/h5-16H2,1-4H3;1H3,(H,2,3,4)/q+1;/p-1. The van der Waals surface area contributed by atoms with Crippen LogP contribution in [0.2, 0.25) is 0 Å². The summed E-state index contributed by atoms with van der Waals surface area (Å²) in [7, 11) is 2.83. The van der Waals surface area contributed by atoms with E-state index in [2.05, 4.69) is 32.2 Å². The summed E-state index contributed by atoms with van der Waals surface area (Å²) in [6, 6.07) is 0. The predicted molar refractivity (Wildman–Crippen MR) is 101 cm³/mol. The summed E-state index contributed by atoms with van der Waals surface area (Å²) in [4.78, 5) is 11.7. The lowest BCUT2D eigenvalue weighted by Gasteiger charge is -2.23. The first kappa shape index (κ1) is 26.7. The van der Waals surface area contributed by atoms with Crippen LogP contribution in [0.15, 0.2) is 0 Å². The number of rotatable bonds is 14. The number of hydrogen-bond acceptors (Lipinski definition) is 5. The van der Waals surface area contributed by atoms with Crippen molar-refractivity contribution in [3.05, 3.63) is 0 Å². The largest absolute Gasteiger partial charge is 0.726 e. The van der Waals surface area contributed by atoms with Gasteiger partial charge in [0.25, 0.3) is 0 Å². The molecule has 0 aromatic heterocycles. The molecular formula is C18H39NO5S. The lowest BCUT2D eigenvalue weighted by molar-refractivity contribution is -0.869. The molecule has 0 fully saturated rings. The molecule has 0 bridgehead atoms. The zero-order valence-corrected chi connectivity index (χ0v) is 17.7. The number of ketones is 1. The summed E-state index contributed by atoms with van der Waals surface area (Å²) in [5, 5.41) is 0. The van der Waals surface area contributed by atoms with Crippen molar-refractivity contribution in [1.82, 2.24) is 0 Å². The lowest BCUT2D eigenvalue weighted by Crippen LogP contribution is -2.36. The number of nitrogens with zero attached hydrogens (tertiary/aromatic N) is 1. The highest BCUT2D eigenvalue weighted by Gasteiger charge is 2.10. The molecule has 7 heteroatoms. The van der Waals surface area contributed by atoms with Gasteiger partial charge in [-0.15, -0.1) is 0 Å².